The highest BCUT2D eigenvalue weighted by Crippen LogP contribution is 2.24. The summed E-state index contributed by atoms with van der Waals surface area (Å²) in [6, 6.07) is 17.5. The van der Waals surface area contributed by atoms with Crippen LogP contribution in [0.1, 0.15) is 22.7 Å². The third-order valence-electron chi connectivity index (χ3n) is 3.05. The van der Waals surface area contributed by atoms with Crippen LogP contribution in [0.4, 0.5) is 0 Å². The van der Waals surface area contributed by atoms with Crippen molar-refractivity contribution >= 4 is 12.0 Å². The topological polar surface area (TPSA) is 41.5 Å². The van der Waals surface area contributed by atoms with Crippen molar-refractivity contribution in [2.45, 2.75) is 6.04 Å². The molecule has 1 unspecified atom stereocenters. The van der Waals surface area contributed by atoms with E-state index in [4.69, 9.17) is 0 Å². The quantitative estimate of drug-likeness (QED) is 0.813. The van der Waals surface area contributed by atoms with Crippen LogP contribution in [0.25, 0.3) is 0 Å². The van der Waals surface area contributed by atoms with Gasteiger partial charge in [0.25, 0.3) is 0 Å². The molecule has 2 aromatic rings. The Morgan fingerprint density at radius 2 is 1.72 bits per heavy atom. The summed E-state index contributed by atoms with van der Waals surface area (Å²) in [4.78, 5) is 11.0. The van der Waals surface area contributed by atoms with Crippen molar-refractivity contribution in [1.82, 2.24) is 5.43 Å². The Morgan fingerprint density at radius 1 is 1.00 bits per heavy atom. The molecule has 2 aromatic carbocycles. The predicted octanol–water partition coefficient (Wildman–Crippen LogP) is 2.28. The van der Waals surface area contributed by atoms with Gasteiger partial charge in [-0.3, -0.25) is 5.43 Å². The molecule has 3 heteroatoms. The van der Waals surface area contributed by atoms with E-state index in [-0.39, 0.29) is 6.04 Å². The van der Waals surface area contributed by atoms with E-state index in [0.29, 0.717) is 0 Å². The van der Waals surface area contributed by atoms with Crippen molar-refractivity contribution in [3.63, 3.8) is 0 Å². The number of carbonyl (C=O) groups is 1. The second kappa shape index (κ2) is 4.45. The molecule has 0 radical (unpaired) electrons. The van der Waals surface area contributed by atoms with Crippen LogP contribution in [0.5, 0.6) is 0 Å². The molecule has 1 aliphatic heterocycles. The zero-order valence-electron chi connectivity index (χ0n) is 9.71. The summed E-state index contributed by atoms with van der Waals surface area (Å²) in [6.45, 7) is 0. The van der Waals surface area contributed by atoms with E-state index in [1.165, 1.54) is 0 Å². The smallest absolute Gasteiger partial charge is 0.148 e. The zero-order valence-corrected chi connectivity index (χ0v) is 9.71. The lowest BCUT2D eigenvalue weighted by molar-refractivity contribution is -0.109. The monoisotopic (exact) mass is 236 g/mol. The van der Waals surface area contributed by atoms with Crippen LogP contribution in [0, 0.1) is 0 Å². The third-order valence-corrected chi connectivity index (χ3v) is 3.05. The molecule has 1 atom stereocenters. The minimum absolute atomic E-state index is 0.353. The van der Waals surface area contributed by atoms with Gasteiger partial charge >= 0.3 is 0 Å². The second-order valence-corrected chi connectivity index (χ2v) is 4.16. The molecule has 1 aliphatic rings. The highest BCUT2D eigenvalue weighted by atomic mass is 16.1. The Bertz CT molecular complexity index is 605. The van der Waals surface area contributed by atoms with Gasteiger partial charge in [-0.05, 0) is 5.56 Å². The number of hydrogen-bond acceptors (Lipinski definition) is 3. The van der Waals surface area contributed by atoms with Crippen molar-refractivity contribution < 1.29 is 4.79 Å². The van der Waals surface area contributed by atoms with Crippen molar-refractivity contribution in [3.05, 3.63) is 71.3 Å². The van der Waals surface area contributed by atoms with Gasteiger partial charge in [-0.25, -0.2) is 0 Å². The molecule has 0 spiro atoms. The summed E-state index contributed by atoms with van der Waals surface area (Å²) >= 11 is 0. The summed E-state index contributed by atoms with van der Waals surface area (Å²) in [6.07, 6.45) is 0.879. The maximum absolute atomic E-state index is 11.0. The fourth-order valence-electron chi connectivity index (χ4n) is 2.17. The summed E-state index contributed by atoms with van der Waals surface area (Å²) in [5.41, 5.74) is 6.80. The number of nitrogens with zero attached hydrogens (tertiary/aromatic N) is 1. The van der Waals surface area contributed by atoms with Crippen LogP contribution in [-0.2, 0) is 4.79 Å². The van der Waals surface area contributed by atoms with Crippen LogP contribution in [0.3, 0.4) is 0 Å². The molecule has 0 saturated heterocycles. The fraction of sp³-hybridized carbons (Fsp3) is 0.0667. The van der Waals surface area contributed by atoms with E-state index in [1.54, 1.807) is 0 Å². The Balaban J connectivity index is 2.14. The van der Waals surface area contributed by atoms with E-state index in [9.17, 15) is 4.79 Å². The normalized spacial score (nSPS) is 17.3. The number of nitrogens with one attached hydrogen (secondary N) is 1. The van der Waals surface area contributed by atoms with Crippen molar-refractivity contribution in [2.75, 3.05) is 0 Å². The fourth-order valence-corrected chi connectivity index (χ4v) is 2.17. The third kappa shape index (κ3) is 1.70. The molecule has 0 fully saturated rings. The lowest BCUT2D eigenvalue weighted by Gasteiger charge is -2.22. The van der Waals surface area contributed by atoms with Crippen LogP contribution < -0.4 is 5.43 Å². The van der Waals surface area contributed by atoms with E-state index >= 15 is 0 Å². The Morgan fingerprint density at radius 3 is 2.50 bits per heavy atom. The van der Waals surface area contributed by atoms with Crippen molar-refractivity contribution in [3.8, 4) is 0 Å². The number of hydrazone groups is 1. The molecule has 3 nitrogen and oxygen atoms in total. The summed E-state index contributed by atoms with van der Waals surface area (Å²) in [5, 5.41) is 4.33. The van der Waals surface area contributed by atoms with Gasteiger partial charge in [0.15, 0.2) is 0 Å². The van der Waals surface area contributed by atoms with Gasteiger partial charge in [-0.15, -0.1) is 0 Å². The van der Waals surface area contributed by atoms with Crippen molar-refractivity contribution in [1.29, 1.82) is 0 Å². The van der Waals surface area contributed by atoms with Gasteiger partial charge in [0.05, 0.1) is 5.71 Å². The molecular weight excluding hydrogens is 224 g/mol. The molecule has 0 saturated carbocycles. The molecule has 1 N–H and O–H groups in total. The lowest BCUT2D eigenvalue weighted by Crippen LogP contribution is -2.27. The van der Waals surface area contributed by atoms with Crippen LogP contribution in [0.2, 0.25) is 0 Å². The number of hydrogen-bond donors (Lipinski definition) is 1. The highest BCUT2D eigenvalue weighted by Gasteiger charge is 2.22. The van der Waals surface area contributed by atoms with Crippen LogP contribution in [-0.4, -0.2) is 12.0 Å². The molecular formula is C15H12N2O. The number of aldehydes is 1. The molecule has 0 amide bonds. The van der Waals surface area contributed by atoms with Gasteiger partial charge in [0.1, 0.15) is 12.3 Å². The maximum Gasteiger partial charge on any atom is 0.148 e. The van der Waals surface area contributed by atoms with E-state index < -0.39 is 0 Å². The minimum Gasteiger partial charge on any atom is -0.301 e. The average Bonchev–Trinajstić information content (AvgIpc) is 2.47. The SMILES string of the molecule is O=CC1NN=C(c2ccccc2)c2ccccc21. The molecule has 1 heterocycles. The molecule has 0 aromatic heterocycles. The standard InChI is InChI=1S/C15H12N2O/c18-10-14-12-8-4-5-9-13(12)15(17-16-14)11-6-2-1-3-7-11/h1-10,14,16H. The molecule has 3 rings (SSSR count). The molecule has 0 bridgehead atoms. The lowest BCUT2D eigenvalue weighted by atomic mass is 9.93. The second-order valence-electron chi connectivity index (χ2n) is 4.16. The molecule has 88 valence electrons. The largest absolute Gasteiger partial charge is 0.301 e. The highest BCUT2D eigenvalue weighted by molar-refractivity contribution is 6.14. The minimum atomic E-state index is -0.353. The van der Waals surface area contributed by atoms with Gasteiger partial charge in [0, 0.05) is 11.1 Å². The number of carbonyl (C=O) groups excluding carboxylic acids is 1. The van der Waals surface area contributed by atoms with E-state index in [2.05, 4.69) is 10.5 Å². The van der Waals surface area contributed by atoms with Gasteiger partial charge in [-0.1, -0.05) is 54.6 Å². The number of rotatable bonds is 2. The zero-order chi connectivity index (χ0) is 12.4. The number of fused-ring (bicyclic) bond motifs is 1. The Kier molecular flexibility index (Phi) is 2.65. The van der Waals surface area contributed by atoms with E-state index in [0.717, 1.165) is 28.7 Å². The summed E-state index contributed by atoms with van der Waals surface area (Å²) < 4.78 is 0. The predicted molar refractivity (Wildman–Crippen MR) is 70.5 cm³/mol. The van der Waals surface area contributed by atoms with Crippen LogP contribution in [0.15, 0.2) is 59.7 Å². The first-order valence-corrected chi connectivity index (χ1v) is 5.83. The summed E-state index contributed by atoms with van der Waals surface area (Å²) in [5.74, 6) is 0. The molecule has 18 heavy (non-hydrogen) atoms. The van der Waals surface area contributed by atoms with Gasteiger partial charge in [-0.2, -0.15) is 5.10 Å². The first-order valence-electron chi connectivity index (χ1n) is 5.83. The molecule has 0 aliphatic carbocycles. The first kappa shape index (κ1) is 10.7. The van der Waals surface area contributed by atoms with Gasteiger partial charge in [0.2, 0.25) is 0 Å². The number of benzene rings is 2. The Labute approximate surface area is 105 Å². The average molecular weight is 236 g/mol. The van der Waals surface area contributed by atoms with Crippen molar-refractivity contribution in [2.24, 2.45) is 5.10 Å². The van der Waals surface area contributed by atoms with Gasteiger partial charge < -0.3 is 4.79 Å². The van der Waals surface area contributed by atoms with E-state index in [1.807, 2.05) is 54.6 Å². The summed E-state index contributed by atoms with van der Waals surface area (Å²) in [7, 11) is 0. The first-order chi connectivity index (χ1) is 8.90. The van der Waals surface area contributed by atoms with Crippen LogP contribution >= 0.6 is 0 Å². The maximum atomic E-state index is 11.0. The Hall–Kier alpha value is -2.42.